The first-order chi connectivity index (χ1) is 22.5. The Morgan fingerprint density at radius 2 is 1.04 bits per heavy atom. The van der Waals surface area contributed by atoms with Gasteiger partial charge < -0.3 is 14.9 Å². The van der Waals surface area contributed by atoms with Gasteiger partial charge in [-0.25, -0.2) is 0 Å². The van der Waals surface area contributed by atoms with Gasteiger partial charge in [0.15, 0.2) is 0 Å². The summed E-state index contributed by atoms with van der Waals surface area (Å²) in [7, 11) is 0. The van der Waals surface area contributed by atoms with E-state index in [-0.39, 0.29) is 39.7 Å². The standard InChI is InChI=1S/2C22H19.2CH3.2ClH.Si.Zr/c1-15(2)18-13-17-9-6-12-21(22(17)14-18)20-11-5-8-16-7-3-4-10-19(16)20;1-3-16-13-21-15(2)11-12-20(22(21)14-16)19-10-6-8-17-7-4-5-9-18(17)19;;;;;;/h3-15H,1-2H3;4-14H,3H2,1-2H3;2*1H3;2*1H;;/q4*-1;;;;. The summed E-state index contributed by atoms with van der Waals surface area (Å²) in [6.07, 6.45) is 1.09. The van der Waals surface area contributed by atoms with Gasteiger partial charge in [0, 0.05) is 0 Å². The summed E-state index contributed by atoms with van der Waals surface area (Å²) in [4.78, 5) is 0. The SMILES string of the molecule is CC(C)c1cc2c(-c3cccc4ccccc34)cccc2[cH-]1.CCc1cc2c(-c3cccc4ccccc34)ccc(C)c2[cH-]1.Cl.Cl.[CH3-].[CH3-].[Si]=[Zr]. The summed E-state index contributed by atoms with van der Waals surface area (Å²) in [5.41, 5.74) is 9.53. The van der Waals surface area contributed by atoms with Gasteiger partial charge in [-0.05, 0) is 45.0 Å². The van der Waals surface area contributed by atoms with Crippen molar-refractivity contribution in [3.05, 3.63) is 171 Å². The van der Waals surface area contributed by atoms with E-state index in [1.165, 1.54) is 105 Å². The molecule has 0 saturated carbocycles. The first-order valence-electron chi connectivity index (χ1n) is 16.1. The Balaban J connectivity index is 0.000000307. The van der Waals surface area contributed by atoms with E-state index in [0.29, 0.717) is 5.92 Å². The molecule has 8 rings (SSSR count). The fourth-order valence-corrected chi connectivity index (χ4v) is 6.69. The normalized spacial score (nSPS) is 10.2. The molecule has 50 heavy (non-hydrogen) atoms. The average Bonchev–Trinajstić information content (AvgIpc) is 3.75. The van der Waals surface area contributed by atoms with E-state index in [0.717, 1.165) is 6.42 Å². The Bertz CT molecular complexity index is 2280. The number of hydrogen-bond donors (Lipinski definition) is 0. The minimum atomic E-state index is 0. The van der Waals surface area contributed by atoms with E-state index in [9.17, 15) is 0 Å². The van der Waals surface area contributed by atoms with Crippen LogP contribution in [0.5, 0.6) is 0 Å². The molecule has 4 heteroatoms. The molecule has 0 unspecified atom stereocenters. The monoisotopic (exact) mass is 786 g/mol. The zero-order chi connectivity index (χ0) is 32.2. The molecule has 0 aromatic heterocycles. The number of hydrogen-bond acceptors (Lipinski definition) is 0. The summed E-state index contributed by atoms with van der Waals surface area (Å²) in [5, 5.41) is 10.7. The molecule has 2 radical (unpaired) electrons. The Kier molecular flexibility index (Phi) is 16.6. The predicted molar refractivity (Wildman–Crippen MR) is 226 cm³/mol. The van der Waals surface area contributed by atoms with E-state index in [1.807, 2.05) is 0 Å². The number of halogens is 2. The van der Waals surface area contributed by atoms with E-state index in [2.05, 4.69) is 174 Å². The van der Waals surface area contributed by atoms with Crippen LogP contribution in [-0.4, -0.2) is 6.88 Å². The molecule has 0 aliphatic carbocycles. The van der Waals surface area contributed by atoms with Gasteiger partial charge in [-0.3, -0.25) is 0 Å². The van der Waals surface area contributed by atoms with Gasteiger partial charge >= 0.3 is 30.2 Å². The number of rotatable bonds is 4. The Morgan fingerprint density at radius 1 is 0.560 bits per heavy atom. The number of benzene rings is 6. The third-order valence-corrected chi connectivity index (χ3v) is 9.17. The quantitative estimate of drug-likeness (QED) is 0.123. The molecule has 0 spiro atoms. The third-order valence-electron chi connectivity index (χ3n) is 9.17. The van der Waals surface area contributed by atoms with Crippen LogP contribution in [0.2, 0.25) is 0 Å². The van der Waals surface area contributed by atoms with Crippen molar-refractivity contribution in [2.45, 2.75) is 40.0 Å². The van der Waals surface area contributed by atoms with E-state index >= 15 is 0 Å². The molecule has 256 valence electrons. The molecule has 0 bridgehead atoms. The van der Waals surface area contributed by atoms with Gasteiger partial charge in [-0.1, -0.05) is 136 Å². The van der Waals surface area contributed by atoms with Crippen molar-refractivity contribution < 1.29 is 23.3 Å². The fourth-order valence-electron chi connectivity index (χ4n) is 6.69. The number of aryl methyl sites for hydroxylation is 2. The minimum absolute atomic E-state index is 0. The van der Waals surface area contributed by atoms with Gasteiger partial charge in [-0.15, -0.1) is 93.4 Å². The van der Waals surface area contributed by atoms with E-state index < -0.39 is 0 Å². The molecule has 0 amide bonds. The van der Waals surface area contributed by atoms with Crippen LogP contribution >= 0.6 is 24.8 Å². The Labute approximate surface area is 329 Å². The molecular formula is C46H46Cl2SiZr-4. The zero-order valence-corrected chi connectivity index (χ0v) is 35.0. The van der Waals surface area contributed by atoms with Crippen LogP contribution < -0.4 is 0 Å². The molecule has 0 N–H and O–H groups in total. The van der Waals surface area contributed by atoms with Crippen molar-refractivity contribution in [2.24, 2.45) is 0 Å². The first kappa shape index (κ1) is 42.9. The predicted octanol–water partition coefficient (Wildman–Crippen LogP) is 14.1. The van der Waals surface area contributed by atoms with Crippen LogP contribution in [0.3, 0.4) is 0 Å². The van der Waals surface area contributed by atoms with Crippen LogP contribution in [0.1, 0.15) is 43.4 Å². The van der Waals surface area contributed by atoms with Crippen molar-refractivity contribution in [1.29, 1.82) is 0 Å². The van der Waals surface area contributed by atoms with Gasteiger partial charge in [0.25, 0.3) is 0 Å². The van der Waals surface area contributed by atoms with Gasteiger partial charge in [0.2, 0.25) is 0 Å². The van der Waals surface area contributed by atoms with Crippen LogP contribution in [0.4, 0.5) is 0 Å². The second-order valence-corrected chi connectivity index (χ2v) is 12.3. The summed E-state index contributed by atoms with van der Waals surface area (Å²) < 4.78 is 0. The van der Waals surface area contributed by atoms with Gasteiger partial charge in [0.1, 0.15) is 0 Å². The summed E-state index contributed by atoms with van der Waals surface area (Å²) >= 11 is 1.36. The average molecular weight is 789 g/mol. The summed E-state index contributed by atoms with van der Waals surface area (Å²) in [5.74, 6) is 0.563. The van der Waals surface area contributed by atoms with Gasteiger partial charge in [0.05, 0.1) is 0 Å². The maximum atomic E-state index is 3.06. The maximum absolute atomic E-state index is 3.06. The van der Waals surface area contributed by atoms with Crippen LogP contribution in [0, 0.1) is 21.8 Å². The molecular weight excluding hydrogens is 743 g/mol. The molecule has 0 atom stereocenters. The summed E-state index contributed by atoms with van der Waals surface area (Å²) in [6, 6.07) is 51.0. The van der Waals surface area contributed by atoms with Crippen LogP contribution in [0.25, 0.3) is 65.3 Å². The van der Waals surface area contributed by atoms with Gasteiger partial charge in [-0.2, -0.15) is 12.1 Å². The zero-order valence-electron chi connectivity index (χ0n) is 29.9. The second-order valence-electron chi connectivity index (χ2n) is 12.3. The van der Waals surface area contributed by atoms with Crippen molar-refractivity contribution in [2.75, 3.05) is 0 Å². The topological polar surface area (TPSA) is 0 Å². The Morgan fingerprint density at radius 3 is 1.58 bits per heavy atom. The van der Waals surface area contributed by atoms with Crippen molar-refractivity contribution in [3.8, 4) is 22.3 Å². The van der Waals surface area contributed by atoms with Crippen molar-refractivity contribution in [1.82, 2.24) is 0 Å². The summed E-state index contributed by atoms with van der Waals surface area (Å²) in [6.45, 7) is 12.0. The van der Waals surface area contributed by atoms with E-state index in [4.69, 9.17) is 0 Å². The molecule has 0 saturated heterocycles. The second kappa shape index (κ2) is 19.4. The molecule has 0 heterocycles. The van der Waals surface area contributed by atoms with Crippen molar-refractivity contribution >= 4 is 74.8 Å². The van der Waals surface area contributed by atoms with E-state index in [1.54, 1.807) is 0 Å². The Hall–Kier alpha value is -3.26. The number of fused-ring (bicyclic) bond motifs is 4. The molecule has 0 aliphatic rings. The fraction of sp³-hybridized carbons (Fsp3) is 0.130. The van der Waals surface area contributed by atoms with Crippen LogP contribution in [-0.2, 0) is 29.8 Å². The first-order valence-corrected chi connectivity index (χ1v) is 20.3. The molecule has 8 aromatic carbocycles. The van der Waals surface area contributed by atoms with Crippen molar-refractivity contribution in [3.63, 3.8) is 0 Å². The molecule has 0 aliphatic heterocycles. The molecule has 8 aromatic rings. The molecule has 0 fully saturated rings. The third kappa shape index (κ3) is 8.60. The van der Waals surface area contributed by atoms with Crippen LogP contribution in [0.15, 0.2) is 140 Å². The molecule has 0 nitrogen and oxygen atoms in total.